The second kappa shape index (κ2) is 48.0. The lowest BCUT2D eigenvalue weighted by atomic mass is 10.2. The number of alkyl carbamates (subject to hydrolysis) is 2. The fourth-order valence-corrected chi connectivity index (χ4v) is 9.98. The van der Waals surface area contributed by atoms with E-state index in [0.717, 1.165) is 0 Å². The Labute approximate surface area is 640 Å². The summed E-state index contributed by atoms with van der Waals surface area (Å²) in [4.78, 5) is 155. The number of benzene rings is 4. The number of nitrogens with one attached hydrogen (secondary N) is 6. The highest BCUT2D eigenvalue weighted by atomic mass is 16.7. The van der Waals surface area contributed by atoms with Crippen molar-refractivity contribution >= 4 is 103 Å². The molecule has 0 saturated heterocycles. The quantitative estimate of drug-likeness (QED) is 0.0157. The average Bonchev–Trinajstić information content (AvgIpc) is 0.821. The minimum absolute atomic E-state index is 0.0144. The van der Waals surface area contributed by atoms with Crippen LogP contribution < -0.4 is 31.9 Å². The van der Waals surface area contributed by atoms with Crippen molar-refractivity contribution in [3.8, 4) is 0 Å². The molecule has 4 unspecified atom stereocenters. The van der Waals surface area contributed by atoms with E-state index in [9.17, 15) is 131 Å². The highest BCUT2D eigenvalue weighted by molar-refractivity contribution is 5.80. The van der Waals surface area contributed by atoms with Gasteiger partial charge in [0.15, 0.2) is 22.7 Å². The minimum atomic E-state index is -1.08. The molecule has 4 atom stereocenters. The number of nitro groups is 12. The van der Waals surface area contributed by atoms with E-state index >= 15 is 0 Å². The third kappa shape index (κ3) is 32.2. The number of hydrogen-bond donors (Lipinski definition) is 6. The summed E-state index contributed by atoms with van der Waals surface area (Å²) in [6, 6.07) is 4.16. The lowest BCUT2D eigenvalue weighted by Crippen LogP contribution is -2.40. The predicted octanol–water partition coefficient (Wildman–Crippen LogP) is 6.45. The van der Waals surface area contributed by atoms with E-state index in [2.05, 4.69) is 31.9 Å². The molecule has 0 radical (unpaired) electrons. The first-order valence-electron chi connectivity index (χ1n) is 33.9. The van der Waals surface area contributed by atoms with Crippen LogP contribution >= 0.6 is 0 Å². The highest BCUT2D eigenvalue weighted by Gasteiger charge is 2.35. The minimum Gasteiger partial charge on any atom is -0.447 e. The number of carbonyl (C=O) groups is 2. The first kappa shape index (κ1) is 93.4. The Morgan fingerprint density at radius 2 is 0.535 bits per heavy atom. The molecule has 0 fully saturated rings. The Balaban J connectivity index is 1.09. The normalized spacial score (nSPS) is 12.2. The molecule has 0 aliphatic carbocycles. The summed E-state index contributed by atoms with van der Waals surface area (Å²) in [6.07, 6.45) is -2.97. The Bertz CT molecular complexity index is 3730. The molecule has 4 rings (SSSR count). The average molecular weight is 1630 g/mol. The van der Waals surface area contributed by atoms with Crippen molar-refractivity contribution in [3.05, 3.63) is 170 Å². The number of nitrogens with zero attached hydrogens (tertiary/aromatic N) is 14. The van der Waals surface area contributed by atoms with Gasteiger partial charge in [-0.15, -0.1) is 0 Å². The van der Waals surface area contributed by atoms with Gasteiger partial charge in [0.1, 0.15) is 13.2 Å². The van der Waals surface area contributed by atoms with Crippen LogP contribution in [0.2, 0.25) is 0 Å². The molecule has 626 valence electrons. The zero-order valence-corrected chi connectivity index (χ0v) is 61.2. The van der Waals surface area contributed by atoms with Gasteiger partial charge in [0, 0.05) is 72.0 Å². The van der Waals surface area contributed by atoms with Gasteiger partial charge in [-0.3, -0.25) is 131 Å². The van der Waals surface area contributed by atoms with Crippen LogP contribution in [-0.4, -0.2) is 263 Å². The van der Waals surface area contributed by atoms with Gasteiger partial charge < -0.3 is 74.5 Å². The van der Waals surface area contributed by atoms with E-state index in [1.54, 1.807) is 32.6 Å². The van der Waals surface area contributed by atoms with E-state index in [0.29, 0.717) is 48.5 Å². The summed E-state index contributed by atoms with van der Waals surface area (Å²) in [5.74, 6) is 0. The molecule has 0 aromatic heterocycles. The number of amides is 2. The fourth-order valence-electron chi connectivity index (χ4n) is 9.98. The third-order valence-electron chi connectivity index (χ3n) is 15.4. The fraction of sp³-hybridized carbons (Fsp3) is 0.559. The molecule has 0 saturated carbocycles. The SMILES string of the molecule is CC(COCCOCCOC(=O)NCCCN(CCNc1c([N+](=O)[O-])cc([N+](=O)[O-])cc1[N+](=O)[O-])CCNc1c([N+](=O)[O-])cc([N+](=O)[O-])cc1[N+](=O)[O-])OCC(C)OCC(C)OCC(C)OCCOCCOC(=O)NCCN(CCNc1c([N+](=O)[O-])cc([N+](=O)[O-])cc1[N+](=O)[O-])CCNc1c([N+](=O)[O-])cc([N+](=O)[O-])cc1[N+](=O)[O-]. The number of anilines is 4. The zero-order valence-electron chi connectivity index (χ0n) is 61.2. The van der Waals surface area contributed by atoms with Crippen LogP contribution in [0.5, 0.6) is 0 Å². The van der Waals surface area contributed by atoms with Gasteiger partial charge >= 0.3 is 57.7 Å². The lowest BCUT2D eigenvalue weighted by Gasteiger charge is -2.23. The summed E-state index contributed by atoms with van der Waals surface area (Å²) in [6.45, 7) is 6.06. The second-order valence-electron chi connectivity index (χ2n) is 23.8. The van der Waals surface area contributed by atoms with Gasteiger partial charge in [-0.1, -0.05) is 0 Å². The standard InChI is InChI=1S/C59H80N20O35/c1-38(34-108-19-18-106-21-24-110-58(80)64-6-5-12-66(13-7-60-54-46(72(90)91)26-42(68(82)83)27-47(54)73(92)93)14-8-61-55-48(74(94)95)28-43(69(84)85)29-49(55)75(96)97)112-36-40(3)114-37-41(4)113-35-39(2)109-23-20-107-22-25-111-59(81)65-11-17-67(15-9-62-56-50(76(98)99)30-44(70(86)87)31-51(56)77(100)101)16-10-63-57-52(78(102)103)32-45(71(88)89)33-53(57)79(104)105/h26-33,38-41,60-63H,5-25,34-37H2,1-4H3,(H,64,80)(H,65,81). The van der Waals surface area contributed by atoms with Gasteiger partial charge in [-0.25, -0.2) is 9.59 Å². The van der Waals surface area contributed by atoms with Gasteiger partial charge in [-0.2, -0.15) is 0 Å². The summed E-state index contributed by atoms with van der Waals surface area (Å²) in [5, 5.41) is 155. The maximum absolute atomic E-state index is 12.6. The molecular weight excluding hydrogens is 1550 g/mol. The number of rotatable bonds is 59. The smallest absolute Gasteiger partial charge is 0.407 e. The van der Waals surface area contributed by atoms with Crippen molar-refractivity contribution < 1.29 is 111 Å². The summed E-state index contributed by atoms with van der Waals surface area (Å²) < 4.78 is 50.1. The molecule has 0 aliphatic heterocycles. The van der Waals surface area contributed by atoms with Crippen molar-refractivity contribution in [2.24, 2.45) is 0 Å². The molecule has 55 heteroatoms. The van der Waals surface area contributed by atoms with Gasteiger partial charge in [0.25, 0.3) is 22.7 Å². The molecule has 55 nitrogen and oxygen atoms in total. The second-order valence-corrected chi connectivity index (χ2v) is 23.8. The zero-order chi connectivity index (χ0) is 84.7. The molecule has 0 spiro atoms. The summed E-state index contributed by atoms with van der Waals surface area (Å²) >= 11 is 0. The van der Waals surface area contributed by atoms with Gasteiger partial charge in [0.05, 0.1) is 198 Å². The Kier molecular flexibility index (Phi) is 39.3. The number of hydrogen-bond acceptors (Lipinski definition) is 41. The largest absolute Gasteiger partial charge is 0.447 e. The molecule has 0 aliphatic rings. The molecular formula is C59H80N20O35. The molecule has 0 heterocycles. The molecule has 6 N–H and O–H groups in total. The monoisotopic (exact) mass is 1630 g/mol. The van der Waals surface area contributed by atoms with Crippen LogP contribution in [0.1, 0.15) is 34.1 Å². The van der Waals surface area contributed by atoms with E-state index in [-0.39, 0.29) is 189 Å². The maximum atomic E-state index is 12.6. The maximum Gasteiger partial charge on any atom is 0.407 e. The van der Waals surface area contributed by atoms with Crippen molar-refractivity contribution in [1.82, 2.24) is 20.4 Å². The number of nitro benzene ring substituents is 12. The number of non-ortho nitro benzene ring substituents is 4. The molecule has 0 bridgehead atoms. The highest BCUT2D eigenvalue weighted by Crippen LogP contribution is 2.42. The van der Waals surface area contributed by atoms with Crippen LogP contribution in [0.4, 0.5) is 101 Å². The van der Waals surface area contributed by atoms with Gasteiger partial charge in [0.2, 0.25) is 0 Å². The van der Waals surface area contributed by atoms with E-state index in [1.165, 1.54) is 4.90 Å². The van der Waals surface area contributed by atoms with Crippen LogP contribution in [0.25, 0.3) is 0 Å². The van der Waals surface area contributed by atoms with Crippen molar-refractivity contribution in [2.75, 3.05) is 179 Å². The first-order valence-corrected chi connectivity index (χ1v) is 33.9. The van der Waals surface area contributed by atoms with Crippen LogP contribution in [0.3, 0.4) is 0 Å². The van der Waals surface area contributed by atoms with Gasteiger partial charge in [-0.05, 0) is 40.7 Å². The van der Waals surface area contributed by atoms with Crippen molar-refractivity contribution in [1.29, 1.82) is 0 Å². The molecule has 4 aromatic rings. The number of ether oxygens (including phenoxy) is 9. The lowest BCUT2D eigenvalue weighted by molar-refractivity contribution is -0.402. The Morgan fingerprint density at radius 3 is 0.825 bits per heavy atom. The van der Waals surface area contributed by atoms with Crippen LogP contribution in [-0.2, 0) is 42.6 Å². The summed E-state index contributed by atoms with van der Waals surface area (Å²) in [5.41, 5.74) is -14.3. The molecule has 4 aromatic carbocycles. The molecule has 114 heavy (non-hydrogen) atoms. The third-order valence-corrected chi connectivity index (χ3v) is 15.4. The van der Waals surface area contributed by atoms with Crippen molar-refractivity contribution in [3.63, 3.8) is 0 Å². The Morgan fingerprint density at radius 1 is 0.298 bits per heavy atom. The Hall–Kier alpha value is -12.9. The first-order chi connectivity index (χ1) is 54.0. The van der Waals surface area contributed by atoms with E-state index in [4.69, 9.17) is 42.6 Å². The summed E-state index contributed by atoms with van der Waals surface area (Å²) in [7, 11) is 0. The van der Waals surface area contributed by atoms with E-state index in [1.807, 2.05) is 0 Å². The topological polar surface area (TPSA) is 714 Å². The van der Waals surface area contributed by atoms with Crippen LogP contribution in [0.15, 0.2) is 48.5 Å². The number of carbonyl (C=O) groups excluding carboxylic acids is 2. The molecule has 2 amide bonds. The van der Waals surface area contributed by atoms with E-state index < -0.39 is 162 Å². The van der Waals surface area contributed by atoms with Crippen LogP contribution in [0, 0.1) is 121 Å². The predicted molar refractivity (Wildman–Crippen MR) is 390 cm³/mol. The van der Waals surface area contributed by atoms with Crippen molar-refractivity contribution in [2.45, 2.75) is 58.5 Å².